The monoisotopic (exact) mass is 436 g/mol. The Morgan fingerprint density at radius 2 is 1.64 bits per heavy atom. The topological polar surface area (TPSA) is 40.6 Å². The number of halogens is 6. The molecule has 2 aromatic rings. The fraction of sp³-hybridized carbons (Fsp3) is 0.222. The van der Waals surface area contributed by atoms with Gasteiger partial charge in [-0.25, -0.2) is 9.18 Å². The molecule has 0 bridgehead atoms. The van der Waals surface area contributed by atoms with E-state index < -0.39 is 35.2 Å². The van der Waals surface area contributed by atoms with Gasteiger partial charge >= 0.3 is 12.2 Å². The van der Waals surface area contributed by atoms with Crippen LogP contribution in [-0.4, -0.2) is 30.4 Å². The number of rotatable bonds is 3. The van der Waals surface area contributed by atoms with Crippen molar-refractivity contribution in [3.63, 3.8) is 0 Å². The van der Waals surface area contributed by atoms with Crippen LogP contribution in [0.4, 0.5) is 28.0 Å². The van der Waals surface area contributed by atoms with Crippen LogP contribution in [0.25, 0.3) is 0 Å². The summed E-state index contributed by atoms with van der Waals surface area (Å²) in [5.41, 5.74) is -1.71. The molecule has 0 radical (unpaired) electrons. The minimum atomic E-state index is -4.73. The van der Waals surface area contributed by atoms with E-state index in [1.165, 1.54) is 25.1 Å². The first-order valence-electron chi connectivity index (χ1n) is 7.89. The van der Waals surface area contributed by atoms with Gasteiger partial charge in [0.15, 0.2) is 0 Å². The second kappa shape index (κ2) is 8.36. The largest absolute Gasteiger partial charge is 0.416 e. The maximum absolute atomic E-state index is 14.3. The maximum Gasteiger partial charge on any atom is 0.416 e. The predicted molar refractivity (Wildman–Crippen MR) is 98.4 cm³/mol. The molecule has 0 N–H and O–H groups in total. The van der Waals surface area contributed by atoms with Crippen LogP contribution in [0.5, 0.6) is 0 Å². The van der Waals surface area contributed by atoms with Gasteiger partial charge < -0.3 is 0 Å². The van der Waals surface area contributed by atoms with Gasteiger partial charge in [0, 0.05) is 13.6 Å². The van der Waals surface area contributed by atoms with Gasteiger partial charge in [0.05, 0.1) is 26.9 Å². The van der Waals surface area contributed by atoms with Crippen molar-refractivity contribution in [2.75, 3.05) is 18.5 Å². The molecule has 0 aliphatic heterocycles. The molecule has 0 aliphatic carbocycles. The molecular weight excluding hydrogens is 423 g/mol. The summed E-state index contributed by atoms with van der Waals surface area (Å²) in [5.74, 6) is -2.09. The van der Waals surface area contributed by atoms with Crippen LogP contribution in [0.3, 0.4) is 0 Å². The van der Waals surface area contributed by atoms with E-state index in [2.05, 4.69) is 0 Å². The summed E-state index contributed by atoms with van der Waals surface area (Å²) in [6, 6.07) is 5.15. The molecule has 2 rings (SSSR count). The van der Waals surface area contributed by atoms with Crippen LogP contribution in [-0.2, 0) is 6.18 Å². The summed E-state index contributed by atoms with van der Waals surface area (Å²) in [6.07, 6.45) is -4.73. The Hall–Kier alpha value is -2.32. The van der Waals surface area contributed by atoms with Gasteiger partial charge in [-0.05, 0) is 37.3 Å². The lowest BCUT2D eigenvalue weighted by molar-refractivity contribution is -0.137. The lowest BCUT2D eigenvalue weighted by Gasteiger charge is -2.27. The molecule has 0 aliphatic rings. The first kappa shape index (κ1) is 22.0. The average Bonchev–Trinajstić information content (AvgIpc) is 2.61. The van der Waals surface area contributed by atoms with Gasteiger partial charge in [-0.1, -0.05) is 29.3 Å². The summed E-state index contributed by atoms with van der Waals surface area (Å²) < 4.78 is 52.4. The van der Waals surface area contributed by atoms with Crippen LogP contribution in [0, 0.1) is 5.82 Å². The Morgan fingerprint density at radius 3 is 2.11 bits per heavy atom. The van der Waals surface area contributed by atoms with E-state index in [4.69, 9.17) is 23.2 Å². The summed E-state index contributed by atoms with van der Waals surface area (Å²) in [7, 11) is 1.13. The van der Waals surface area contributed by atoms with Crippen molar-refractivity contribution in [2.24, 2.45) is 0 Å². The molecule has 0 saturated carbocycles. The lowest BCUT2D eigenvalue weighted by Crippen LogP contribution is -2.44. The second-order valence-corrected chi connectivity index (χ2v) is 6.47. The normalized spacial score (nSPS) is 11.3. The molecule has 3 amide bonds. The average molecular weight is 437 g/mol. The Bertz CT molecular complexity index is 899. The first-order valence-corrected chi connectivity index (χ1v) is 8.65. The zero-order chi connectivity index (χ0) is 21.2. The molecule has 0 aromatic heterocycles. The number of nitrogens with zero attached hydrogens (tertiary/aromatic N) is 2. The highest BCUT2D eigenvalue weighted by molar-refractivity contribution is 6.40. The number of benzene rings is 2. The molecule has 0 saturated heterocycles. The van der Waals surface area contributed by atoms with Crippen molar-refractivity contribution in [2.45, 2.75) is 13.1 Å². The van der Waals surface area contributed by atoms with E-state index in [0.29, 0.717) is 11.0 Å². The van der Waals surface area contributed by atoms with Gasteiger partial charge in [0.25, 0.3) is 5.91 Å². The Labute approximate surface area is 168 Å². The van der Waals surface area contributed by atoms with E-state index in [1.54, 1.807) is 0 Å². The zero-order valence-corrected chi connectivity index (χ0v) is 16.2. The maximum atomic E-state index is 14.3. The number of carbonyl (C=O) groups excluding carboxylic acids is 2. The molecule has 0 spiro atoms. The molecule has 0 atom stereocenters. The van der Waals surface area contributed by atoms with Crippen molar-refractivity contribution in [3.8, 4) is 0 Å². The van der Waals surface area contributed by atoms with Crippen molar-refractivity contribution in [1.82, 2.24) is 4.90 Å². The number of amides is 3. The fourth-order valence-electron chi connectivity index (χ4n) is 2.45. The molecule has 2 aromatic carbocycles. The highest BCUT2D eigenvalue weighted by atomic mass is 35.5. The number of hydrogen-bond acceptors (Lipinski definition) is 2. The summed E-state index contributed by atoms with van der Waals surface area (Å²) in [5, 5.41) is 0.0295. The zero-order valence-electron chi connectivity index (χ0n) is 14.6. The van der Waals surface area contributed by atoms with Crippen LogP contribution >= 0.6 is 23.2 Å². The number of imide groups is 1. The fourth-order valence-corrected chi connectivity index (χ4v) is 3.01. The molecule has 4 nitrogen and oxygen atoms in total. The Morgan fingerprint density at radius 1 is 1.07 bits per heavy atom. The molecule has 28 heavy (non-hydrogen) atoms. The number of anilines is 1. The minimum absolute atomic E-state index is 0.0147. The molecule has 10 heteroatoms. The van der Waals surface area contributed by atoms with E-state index in [0.717, 1.165) is 18.0 Å². The number of alkyl halides is 3. The third-order valence-electron chi connectivity index (χ3n) is 3.88. The Kier molecular flexibility index (Phi) is 6.56. The van der Waals surface area contributed by atoms with Gasteiger partial charge in [-0.15, -0.1) is 0 Å². The SMILES string of the molecule is CCN(C(=O)N(C)C(=O)c1c(Cl)cccc1Cl)c1ccc(C(F)(F)F)cc1F. The number of carbonyl (C=O) groups is 2. The third-order valence-corrected chi connectivity index (χ3v) is 4.51. The quantitative estimate of drug-likeness (QED) is 0.564. The lowest BCUT2D eigenvalue weighted by atomic mass is 10.1. The van der Waals surface area contributed by atoms with Crippen molar-refractivity contribution < 1.29 is 27.2 Å². The van der Waals surface area contributed by atoms with Crippen LogP contribution < -0.4 is 4.90 Å². The van der Waals surface area contributed by atoms with Gasteiger partial charge in [-0.3, -0.25) is 14.6 Å². The van der Waals surface area contributed by atoms with E-state index >= 15 is 0 Å². The standard InChI is InChI=1S/C18H14Cl2F4N2O2/c1-3-26(14-8-7-10(9-13(14)21)18(22,23)24)17(28)25(2)16(27)15-11(19)5-4-6-12(15)20/h4-9H,3H2,1-2H3. The second-order valence-electron chi connectivity index (χ2n) is 5.65. The van der Waals surface area contributed by atoms with Crippen molar-refractivity contribution in [1.29, 1.82) is 0 Å². The highest BCUT2D eigenvalue weighted by Crippen LogP contribution is 2.33. The number of urea groups is 1. The summed E-state index contributed by atoms with van der Waals surface area (Å²) in [4.78, 5) is 26.8. The highest BCUT2D eigenvalue weighted by Gasteiger charge is 2.33. The molecule has 0 unspecified atom stereocenters. The smallest absolute Gasteiger partial charge is 0.291 e. The predicted octanol–water partition coefficient (Wildman–Crippen LogP) is 5.87. The van der Waals surface area contributed by atoms with Crippen molar-refractivity contribution in [3.05, 3.63) is 63.4 Å². The first-order chi connectivity index (χ1) is 13.0. The van der Waals surface area contributed by atoms with Gasteiger partial charge in [-0.2, -0.15) is 13.2 Å². The van der Waals surface area contributed by atoms with E-state index in [-0.39, 0.29) is 28.2 Å². The molecule has 150 valence electrons. The molecule has 0 heterocycles. The van der Waals surface area contributed by atoms with Gasteiger partial charge in [0.2, 0.25) is 0 Å². The van der Waals surface area contributed by atoms with Crippen LogP contribution in [0.1, 0.15) is 22.8 Å². The Balaban J connectivity index is 2.36. The van der Waals surface area contributed by atoms with Crippen molar-refractivity contribution >= 4 is 40.8 Å². The molecular formula is C18H14Cl2F4N2O2. The van der Waals surface area contributed by atoms with Gasteiger partial charge in [0.1, 0.15) is 5.82 Å². The third kappa shape index (κ3) is 4.39. The summed E-state index contributed by atoms with van der Waals surface area (Å²) in [6.45, 7) is 1.38. The molecule has 0 fully saturated rings. The van der Waals surface area contributed by atoms with E-state index in [1.807, 2.05) is 0 Å². The van der Waals surface area contributed by atoms with Crippen LogP contribution in [0.2, 0.25) is 10.0 Å². The van der Waals surface area contributed by atoms with E-state index in [9.17, 15) is 27.2 Å². The number of hydrogen-bond donors (Lipinski definition) is 0. The van der Waals surface area contributed by atoms with Crippen LogP contribution in [0.15, 0.2) is 36.4 Å². The minimum Gasteiger partial charge on any atom is -0.291 e. The summed E-state index contributed by atoms with van der Waals surface area (Å²) >= 11 is 11.9.